The van der Waals surface area contributed by atoms with Gasteiger partial charge in [0.25, 0.3) is 0 Å². The molecule has 1 aromatic carbocycles. The molecular formula is C14H19N3O2. The number of imidazole rings is 1. The number of ether oxygens (including phenoxy) is 1. The number of nitrogens with zero attached hydrogens (tertiary/aromatic N) is 2. The number of carbonyl (C=O) groups excluding carboxylic acids is 1. The lowest BCUT2D eigenvalue weighted by atomic mass is 10.2. The molecule has 0 saturated heterocycles. The van der Waals surface area contributed by atoms with Gasteiger partial charge < -0.3 is 15.0 Å². The van der Waals surface area contributed by atoms with Crippen LogP contribution in [0.2, 0.25) is 0 Å². The van der Waals surface area contributed by atoms with E-state index in [1.165, 1.54) is 0 Å². The highest BCUT2D eigenvalue weighted by Gasteiger charge is 2.10. The van der Waals surface area contributed by atoms with Crippen LogP contribution in [0.4, 0.5) is 0 Å². The number of fused-ring (bicyclic) bond motifs is 1. The zero-order valence-electron chi connectivity index (χ0n) is 11.3. The fourth-order valence-corrected chi connectivity index (χ4v) is 2.09. The second-order valence-corrected chi connectivity index (χ2v) is 4.42. The Bertz CT molecular complexity index is 590. The topological polar surface area (TPSA) is 70.1 Å². The third kappa shape index (κ3) is 2.93. The summed E-state index contributed by atoms with van der Waals surface area (Å²) in [7, 11) is 0. The van der Waals surface area contributed by atoms with Gasteiger partial charge in [0.2, 0.25) is 0 Å². The van der Waals surface area contributed by atoms with E-state index in [-0.39, 0.29) is 5.78 Å². The fourth-order valence-electron chi connectivity index (χ4n) is 2.09. The molecule has 2 rings (SSSR count). The van der Waals surface area contributed by atoms with Crippen LogP contribution in [0.5, 0.6) is 5.75 Å². The smallest absolute Gasteiger partial charge is 0.131 e. The Balaban J connectivity index is 2.40. The average molecular weight is 261 g/mol. The molecule has 0 spiro atoms. The number of nitrogens with two attached hydrogens (primary N) is 1. The van der Waals surface area contributed by atoms with Gasteiger partial charge in [-0.1, -0.05) is 0 Å². The van der Waals surface area contributed by atoms with Crippen molar-refractivity contribution in [2.45, 2.75) is 33.4 Å². The van der Waals surface area contributed by atoms with Gasteiger partial charge in [0.1, 0.15) is 17.4 Å². The van der Waals surface area contributed by atoms with Gasteiger partial charge in [-0.2, -0.15) is 0 Å². The van der Waals surface area contributed by atoms with Gasteiger partial charge in [-0.05, 0) is 26.0 Å². The minimum absolute atomic E-state index is 0.163. The van der Waals surface area contributed by atoms with Gasteiger partial charge in [-0.25, -0.2) is 4.98 Å². The van der Waals surface area contributed by atoms with Crippen molar-refractivity contribution in [3.05, 3.63) is 24.0 Å². The highest BCUT2D eigenvalue weighted by molar-refractivity contribution is 5.79. The van der Waals surface area contributed by atoms with Crippen LogP contribution in [0.1, 0.15) is 26.1 Å². The minimum Gasteiger partial charge on any atom is -0.494 e. The monoisotopic (exact) mass is 261 g/mol. The van der Waals surface area contributed by atoms with Crippen LogP contribution < -0.4 is 10.5 Å². The van der Waals surface area contributed by atoms with Gasteiger partial charge in [0, 0.05) is 19.0 Å². The highest BCUT2D eigenvalue weighted by Crippen LogP contribution is 2.22. The normalized spacial score (nSPS) is 10.9. The molecule has 5 heteroatoms. The van der Waals surface area contributed by atoms with Crippen LogP contribution >= 0.6 is 0 Å². The first kappa shape index (κ1) is 13.5. The standard InChI is InChI=1S/C14H19N3O2/c1-3-19-11-4-5-13-12(8-11)16-14(9-15)17(13)7-6-10(2)18/h4-5,8H,3,6-7,9,15H2,1-2H3. The molecule has 1 heterocycles. The number of hydrogen-bond donors (Lipinski definition) is 1. The number of ketones is 1. The highest BCUT2D eigenvalue weighted by atomic mass is 16.5. The van der Waals surface area contributed by atoms with E-state index in [1.54, 1.807) is 6.92 Å². The molecule has 0 atom stereocenters. The molecule has 0 fully saturated rings. The molecule has 0 aliphatic carbocycles. The Hall–Kier alpha value is -1.88. The molecule has 1 aromatic heterocycles. The summed E-state index contributed by atoms with van der Waals surface area (Å²) in [5.74, 6) is 1.76. The molecule has 5 nitrogen and oxygen atoms in total. The quantitative estimate of drug-likeness (QED) is 0.861. The second-order valence-electron chi connectivity index (χ2n) is 4.42. The first-order valence-corrected chi connectivity index (χ1v) is 6.47. The summed E-state index contributed by atoms with van der Waals surface area (Å²) in [5, 5.41) is 0. The van der Waals surface area contributed by atoms with E-state index in [1.807, 2.05) is 29.7 Å². The molecule has 0 aliphatic rings. The number of carbonyl (C=O) groups is 1. The van der Waals surface area contributed by atoms with Crippen molar-refractivity contribution in [1.29, 1.82) is 0 Å². The lowest BCUT2D eigenvalue weighted by molar-refractivity contribution is -0.117. The maximum Gasteiger partial charge on any atom is 0.131 e. The number of aryl methyl sites for hydroxylation is 1. The van der Waals surface area contributed by atoms with Crippen LogP contribution in [-0.4, -0.2) is 21.9 Å². The largest absolute Gasteiger partial charge is 0.494 e. The zero-order valence-corrected chi connectivity index (χ0v) is 11.3. The molecule has 2 aromatic rings. The first-order chi connectivity index (χ1) is 9.15. The summed E-state index contributed by atoms with van der Waals surface area (Å²) in [6.45, 7) is 5.14. The van der Waals surface area contributed by atoms with Gasteiger partial charge in [-0.15, -0.1) is 0 Å². The lowest BCUT2D eigenvalue weighted by Crippen LogP contribution is -2.10. The Kier molecular flexibility index (Phi) is 4.16. The van der Waals surface area contributed by atoms with E-state index in [0.29, 0.717) is 26.1 Å². The third-order valence-corrected chi connectivity index (χ3v) is 2.98. The second kappa shape index (κ2) is 5.84. The predicted octanol–water partition coefficient (Wildman–Crippen LogP) is 1.87. The Labute approximate surface area is 112 Å². The number of benzene rings is 1. The van der Waals surface area contributed by atoms with Crippen molar-refractivity contribution in [2.24, 2.45) is 5.73 Å². The molecule has 0 radical (unpaired) electrons. The molecule has 0 aliphatic heterocycles. The zero-order chi connectivity index (χ0) is 13.8. The molecule has 2 N–H and O–H groups in total. The van der Waals surface area contributed by atoms with Gasteiger partial charge in [0.15, 0.2) is 0 Å². The average Bonchev–Trinajstić information content (AvgIpc) is 2.73. The van der Waals surface area contributed by atoms with Crippen molar-refractivity contribution < 1.29 is 9.53 Å². The van der Waals surface area contributed by atoms with Crippen molar-refractivity contribution >= 4 is 16.8 Å². The number of hydrogen-bond acceptors (Lipinski definition) is 4. The van der Waals surface area contributed by atoms with Crippen LogP contribution in [0.25, 0.3) is 11.0 Å². The maximum atomic E-state index is 11.1. The van der Waals surface area contributed by atoms with Crippen LogP contribution in [0, 0.1) is 0 Å². The molecule has 0 saturated carbocycles. The number of rotatable bonds is 6. The summed E-state index contributed by atoms with van der Waals surface area (Å²) >= 11 is 0. The number of aromatic nitrogens is 2. The van der Waals surface area contributed by atoms with Crippen molar-refractivity contribution in [2.75, 3.05) is 6.61 Å². The van der Waals surface area contributed by atoms with Crippen LogP contribution in [-0.2, 0) is 17.9 Å². The molecule has 19 heavy (non-hydrogen) atoms. The Morgan fingerprint density at radius 2 is 2.26 bits per heavy atom. The summed E-state index contributed by atoms with van der Waals surface area (Å²) in [4.78, 5) is 15.6. The van der Waals surface area contributed by atoms with Crippen LogP contribution in [0.15, 0.2) is 18.2 Å². The van der Waals surface area contributed by atoms with Crippen molar-refractivity contribution in [1.82, 2.24) is 9.55 Å². The van der Waals surface area contributed by atoms with E-state index in [2.05, 4.69) is 4.98 Å². The SMILES string of the molecule is CCOc1ccc2c(c1)nc(CN)n2CCC(C)=O. The van der Waals surface area contributed by atoms with Crippen molar-refractivity contribution in [3.8, 4) is 5.75 Å². The summed E-state index contributed by atoms with van der Waals surface area (Å²) in [5.41, 5.74) is 7.57. The summed E-state index contributed by atoms with van der Waals surface area (Å²) < 4.78 is 7.47. The minimum atomic E-state index is 0.163. The fraction of sp³-hybridized carbons (Fsp3) is 0.429. The van der Waals surface area contributed by atoms with E-state index >= 15 is 0 Å². The van der Waals surface area contributed by atoms with E-state index in [4.69, 9.17) is 10.5 Å². The maximum absolute atomic E-state index is 11.1. The predicted molar refractivity (Wildman–Crippen MR) is 74.1 cm³/mol. The van der Waals surface area contributed by atoms with Crippen molar-refractivity contribution in [3.63, 3.8) is 0 Å². The van der Waals surface area contributed by atoms with Gasteiger partial charge >= 0.3 is 0 Å². The number of Topliss-reactive ketones (excluding diaryl/α,β-unsaturated/α-hetero) is 1. The molecule has 0 amide bonds. The molecular weight excluding hydrogens is 242 g/mol. The molecule has 0 unspecified atom stereocenters. The van der Waals surface area contributed by atoms with Gasteiger partial charge in [-0.3, -0.25) is 4.79 Å². The van der Waals surface area contributed by atoms with Crippen LogP contribution in [0.3, 0.4) is 0 Å². The van der Waals surface area contributed by atoms with E-state index < -0.39 is 0 Å². The molecule has 0 bridgehead atoms. The van der Waals surface area contributed by atoms with Gasteiger partial charge in [0.05, 0.1) is 24.2 Å². The Morgan fingerprint density at radius 1 is 1.47 bits per heavy atom. The summed E-state index contributed by atoms with van der Waals surface area (Å²) in [6, 6.07) is 5.78. The first-order valence-electron chi connectivity index (χ1n) is 6.47. The van der Waals surface area contributed by atoms with E-state index in [0.717, 1.165) is 22.6 Å². The lowest BCUT2D eigenvalue weighted by Gasteiger charge is -2.07. The summed E-state index contributed by atoms with van der Waals surface area (Å²) in [6.07, 6.45) is 0.492. The van der Waals surface area contributed by atoms with E-state index in [9.17, 15) is 4.79 Å². The Morgan fingerprint density at radius 3 is 2.89 bits per heavy atom. The third-order valence-electron chi connectivity index (χ3n) is 2.98. The molecule has 102 valence electrons.